The second-order valence-electron chi connectivity index (χ2n) is 11.6. The van der Waals surface area contributed by atoms with E-state index in [1.807, 2.05) is 0 Å². The zero-order chi connectivity index (χ0) is 29.0. The van der Waals surface area contributed by atoms with Crippen LogP contribution in [0, 0.1) is 5.92 Å². The average Bonchev–Trinajstić information content (AvgIpc) is 2.90. The van der Waals surface area contributed by atoms with Gasteiger partial charge in [-0.25, -0.2) is 0 Å². The van der Waals surface area contributed by atoms with E-state index in [2.05, 4.69) is 27.7 Å². The molecule has 6 nitrogen and oxygen atoms in total. The normalized spacial score (nSPS) is 11.9. The average molecular weight is 555 g/mol. The molecule has 0 aromatic heterocycles. The van der Waals surface area contributed by atoms with Gasteiger partial charge in [0.05, 0.1) is 0 Å². The molecule has 0 aliphatic heterocycles. The quantitative estimate of drug-likeness (QED) is 0.0545. The van der Waals surface area contributed by atoms with Gasteiger partial charge >= 0.3 is 17.9 Å². The number of esters is 3. The number of hydrogen-bond acceptors (Lipinski definition) is 6. The molecule has 6 heteroatoms. The summed E-state index contributed by atoms with van der Waals surface area (Å²) < 4.78 is 16.3. The maximum atomic E-state index is 12.4. The van der Waals surface area contributed by atoms with Crippen molar-refractivity contribution >= 4 is 17.9 Å². The maximum Gasteiger partial charge on any atom is 0.306 e. The molecule has 0 radical (unpaired) electrons. The van der Waals surface area contributed by atoms with Crippen molar-refractivity contribution in [2.75, 3.05) is 13.2 Å². The van der Waals surface area contributed by atoms with E-state index in [0.29, 0.717) is 19.3 Å². The Morgan fingerprint density at radius 1 is 0.487 bits per heavy atom. The smallest absolute Gasteiger partial charge is 0.306 e. The first-order valence-corrected chi connectivity index (χ1v) is 16.4. The zero-order valence-electron chi connectivity index (χ0n) is 26.1. The Bertz CT molecular complexity index is 589. The number of carbonyl (C=O) groups is 3. The monoisotopic (exact) mass is 554 g/mol. The van der Waals surface area contributed by atoms with E-state index in [9.17, 15) is 14.4 Å². The van der Waals surface area contributed by atoms with E-state index in [1.54, 1.807) is 0 Å². The summed E-state index contributed by atoms with van der Waals surface area (Å²) in [4.78, 5) is 36.8. The van der Waals surface area contributed by atoms with Crippen molar-refractivity contribution in [2.24, 2.45) is 5.92 Å². The molecule has 0 saturated carbocycles. The molecule has 0 heterocycles. The topological polar surface area (TPSA) is 78.9 Å². The Hall–Kier alpha value is -1.59. The van der Waals surface area contributed by atoms with Crippen LogP contribution in [-0.2, 0) is 28.6 Å². The first-order chi connectivity index (χ1) is 18.9. The van der Waals surface area contributed by atoms with Crippen LogP contribution in [0.25, 0.3) is 0 Å². The lowest BCUT2D eigenvalue weighted by Gasteiger charge is -2.18. The van der Waals surface area contributed by atoms with Crippen LogP contribution in [0.1, 0.15) is 169 Å². The van der Waals surface area contributed by atoms with Crippen LogP contribution in [-0.4, -0.2) is 37.2 Å². The fourth-order valence-electron chi connectivity index (χ4n) is 4.51. The molecule has 1 atom stereocenters. The predicted octanol–water partition coefficient (Wildman–Crippen LogP) is 9.26. The van der Waals surface area contributed by atoms with Gasteiger partial charge in [-0.2, -0.15) is 0 Å². The van der Waals surface area contributed by atoms with Gasteiger partial charge in [-0.15, -0.1) is 0 Å². The van der Waals surface area contributed by atoms with E-state index in [4.69, 9.17) is 14.2 Å². The summed E-state index contributed by atoms with van der Waals surface area (Å²) in [5.41, 5.74) is 0. The van der Waals surface area contributed by atoms with E-state index in [-0.39, 0.29) is 31.1 Å². The molecule has 0 saturated heterocycles. The Labute approximate surface area is 240 Å². The van der Waals surface area contributed by atoms with Gasteiger partial charge in [0.15, 0.2) is 6.10 Å². The molecular weight excluding hydrogens is 492 g/mol. The molecule has 0 amide bonds. The Balaban J connectivity index is 4.35. The minimum atomic E-state index is -0.754. The lowest BCUT2D eigenvalue weighted by Crippen LogP contribution is -2.30. The highest BCUT2D eigenvalue weighted by molar-refractivity contribution is 5.71. The van der Waals surface area contributed by atoms with Crippen molar-refractivity contribution in [3.05, 3.63) is 0 Å². The molecule has 0 fully saturated rings. The number of ether oxygens (including phenoxy) is 3. The van der Waals surface area contributed by atoms with Crippen LogP contribution in [0.15, 0.2) is 0 Å². The predicted molar refractivity (Wildman–Crippen MR) is 160 cm³/mol. The first-order valence-electron chi connectivity index (χ1n) is 16.4. The van der Waals surface area contributed by atoms with Crippen LogP contribution in [0.2, 0.25) is 0 Å². The Kier molecular flexibility index (Phi) is 26.8. The lowest BCUT2D eigenvalue weighted by atomic mass is 10.0. The number of hydrogen-bond donors (Lipinski definition) is 0. The molecule has 0 bridgehead atoms. The summed E-state index contributed by atoms with van der Waals surface area (Å²) in [6, 6.07) is 0. The Morgan fingerprint density at radius 2 is 0.846 bits per heavy atom. The summed E-state index contributed by atoms with van der Waals surface area (Å²) in [5.74, 6) is -0.139. The molecular formula is C33H62O6. The van der Waals surface area contributed by atoms with E-state index < -0.39 is 6.10 Å². The molecule has 0 aliphatic rings. The molecule has 0 unspecified atom stereocenters. The van der Waals surface area contributed by atoms with Crippen LogP contribution in [0.4, 0.5) is 0 Å². The van der Waals surface area contributed by atoms with Crippen molar-refractivity contribution < 1.29 is 28.6 Å². The third kappa shape index (κ3) is 27.8. The number of carbonyl (C=O) groups excluding carboxylic acids is 3. The van der Waals surface area contributed by atoms with Gasteiger partial charge in [-0.1, -0.05) is 130 Å². The minimum absolute atomic E-state index is 0.0687. The zero-order valence-corrected chi connectivity index (χ0v) is 26.1. The van der Waals surface area contributed by atoms with Gasteiger partial charge in [0.1, 0.15) is 13.2 Å². The number of rotatable bonds is 28. The Morgan fingerprint density at radius 3 is 1.26 bits per heavy atom. The van der Waals surface area contributed by atoms with Crippen molar-refractivity contribution in [3.8, 4) is 0 Å². The highest BCUT2D eigenvalue weighted by Crippen LogP contribution is 2.13. The molecule has 0 aromatic rings. The van der Waals surface area contributed by atoms with Gasteiger partial charge in [-0.3, -0.25) is 14.4 Å². The van der Waals surface area contributed by atoms with Crippen LogP contribution in [0.3, 0.4) is 0 Å². The summed E-state index contributed by atoms with van der Waals surface area (Å²) in [7, 11) is 0. The highest BCUT2D eigenvalue weighted by atomic mass is 16.6. The summed E-state index contributed by atoms with van der Waals surface area (Å²) in [6.07, 6.45) is 21.4. The fourth-order valence-corrected chi connectivity index (χ4v) is 4.51. The first kappa shape index (κ1) is 37.4. The van der Waals surface area contributed by atoms with Gasteiger partial charge in [0, 0.05) is 19.3 Å². The fraction of sp³-hybridized carbons (Fsp3) is 0.909. The molecule has 0 N–H and O–H groups in total. The third-order valence-electron chi connectivity index (χ3n) is 7.04. The standard InChI is InChI=1S/C33H62O6/c1-5-7-9-11-12-17-21-25-32(35)38-28-30(27-37-31(34)24-20-15-10-8-6-2)39-33(36)26-22-18-14-13-16-19-23-29(3)4/h29-30H,5-28H2,1-4H3/t30-/m1/s1. The molecule has 39 heavy (non-hydrogen) atoms. The molecule has 230 valence electrons. The van der Waals surface area contributed by atoms with Crippen molar-refractivity contribution in [3.63, 3.8) is 0 Å². The largest absolute Gasteiger partial charge is 0.462 e. The van der Waals surface area contributed by atoms with Crippen molar-refractivity contribution in [2.45, 2.75) is 175 Å². The SMILES string of the molecule is CCCCCCCCCC(=O)OC[C@@H](COC(=O)CCCCCCC)OC(=O)CCCCCCCCC(C)C. The maximum absolute atomic E-state index is 12.4. The lowest BCUT2D eigenvalue weighted by molar-refractivity contribution is -0.167. The van der Waals surface area contributed by atoms with Crippen LogP contribution in [0.5, 0.6) is 0 Å². The van der Waals surface area contributed by atoms with E-state index >= 15 is 0 Å². The van der Waals surface area contributed by atoms with Crippen molar-refractivity contribution in [1.29, 1.82) is 0 Å². The van der Waals surface area contributed by atoms with Gasteiger partial charge < -0.3 is 14.2 Å². The third-order valence-corrected chi connectivity index (χ3v) is 7.04. The van der Waals surface area contributed by atoms with Gasteiger partial charge in [0.2, 0.25) is 0 Å². The second-order valence-corrected chi connectivity index (χ2v) is 11.6. The van der Waals surface area contributed by atoms with E-state index in [1.165, 1.54) is 57.8 Å². The summed E-state index contributed by atoms with van der Waals surface area (Å²) in [5, 5.41) is 0. The summed E-state index contributed by atoms with van der Waals surface area (Å²) in [6.45, 7) is 8.73. The summed E-state index contributed by atoms with van der Waals surface area (Å²) >= 11 is 0. The molecule has 0 aliphatic carbocycles. The molecule has 0 spiro atoms. The van der Waals surface area contributed by atoms with Crippen LogP contribution < -0.4 is 0 Å². The van der Waals surface area contributed by atoms with E-state index in [0.717, 1.165) is 70.1 Å². The molecule has 0 rings (SSSR count). The highest BCUT2D eigenvalue weighted by Gasteiger charge is 2.19. The minimum Gasteiger partial charge on any atom is -0.462 e. The van der Waals surface area contributed by atoms with Gasteiger partial charge in [0.25, 0.3) is 0 Å². The van der Waals surface area contributed by atoms with Crippen molar-refractivity contribution in [1.82, 2.24) is 0 Å². The number of unbranched alkanes of at least 4 members (excludes halogenated alkanes) is 15. The molecule has 0 aromatic carbocycles. The van der Waals surface area contributed by atoms with Crippen LogP contribution >= 0.6 is 0 Å². The second kappa shape index (κ2) is 28.0. The van der Waals surface area contributed by atoms with Gasteiger partial charge in [-0.05, 0) is 25.2 Å².